The number of hydrogen-bond acceptors (Lipinski definition) is 4. The summed E-state index contributed by atoms with van der Waals surface area (Å²) in [6.07, 6.45) is -1.37. The largest absolute Gasteiger partial charge is 0.462 e. The van der Waals surface area contributed by atoms with Crippen molar-refractivity contribution in [3.8, 4) is 0 Å². The van der Waals surface area contributed by atoms with Crippen LogP contribution < -0.4 is 0 Å². The maximum Gasteiger partial charge on any atom is 0.303 e. The molecule has 0 amide bonds. The highest BCUT2D eigenvalue weighted by molar-refractivity contribution is 5.67. The lowest BCUT2D eigenvalue weighted by molar-refractivity contribution is -0.159. The first-order valence-corrected chi connectivity index (χ1v) is 4.51. The maximum absolute atomic E-state index is 12.7. The van der Waals surface area contributed by atoms with Crippen molar-refractivity contribution in [2.75, 3.05) is 6.61 Å². The summed E-state index contributed by atoms with van der Waals surface area (Å²) < 4.78 is 34.6. The third kappa shape index (κ3) is 3.45. The normalized spacial score (nSPS) is 24.1. The fraction of sp³-hybridized carbons (Fsp3) is 0.778. The highest BCUT2D eigenvalue weighted by atomic mass is 19.3. The van der Waals surface area contributed by atoms with Crippen LogP contribution >= 0.6 is 0 Å². The highest BCUT2D eigenvalue weighted by Gasteiger charge is 2.62. The van der Waals surface area contributed by atoms with Gasteiger partial charge >= 0.3 is 11.9 Å². The summed E-state index contributed by atoms with van der Waals surface area (Å²) in [6, 6.07) is 0. The molecule has 1 aliphatic carbocycles. The van der Waals surface area contributed by atoms with Gasteiger partial charge in [0.2, 0.25) is 0 Å². The predicted molar refractivity (Wildman–Crippen MR) is 45.2 cm³/mol. The zero-order valence-electron chi connectivity index (χ0n) is 8.46. The lowest BCUT2D eigenvalue weighted by Gasteiger charge is -2.15. The van der Waals surface area contributed by atoms with Crippen molar-refractivity contribution in [3.63, 3.8) is 0 Å². The molecule has 1 fully saturated rings. The van der Waals surface area contributed by atoms with Gasteiger partial charge in [-0.1, -0.05) is 0 Å². The summed E-state index contributed by atoms with van der Waals surface area (Å²) >= 11 is 0. The van der Waals surface area contributed by atoms with E-state index in [4.69, 9.17) is 0 Å². The summed E-state index contributed by atoms with van der Waals surface area (Å²) in [6.45, 7) is 1.98. The molecule has 6 heteroatoms. The number of halogens is 2. The molecule has 4 nitrogen and oxygen atoms in total. The lowest BCUT2D eigenvalue weighted by Crippen LogP contribution is -2.28. The Morgan fingerprint density at radius 3 is 2.27 bits per heavy atom. The van der Waals surface area contributed by atoms with Gasteiger partial charge < -0.3 is 9.47 Å². The second-order valence-electron chi connectivity index (χ2n) is 3.52. The molecule has 0 aliphatic heterocycles. The van der Waals surface area contributed by atoms with Gasteiger partial charge in [0.15, 0.2) is 0 Å². The molecule has 0 aromatic rings. The van der Waals surface area contributed by atoms with Crippen LogP contribution in [0, 0.1) is 5.92 Å². The zero-order valence-corrected chi connectivity index (χ0v) is 8.46. The fourth-order valence-electron chi connectivity index (χ4n) is 1.28. The Labute approximate surface area is 85.5 Å². The molecule has 0 heterocycles. The molecule has 0 aromatic heterocycles. The van der Waals surface area contributed by atoms with Crippen molar-refractivity contribution in [2.24, 2.45) is 5.92 Å². The second kappa shape index (κ2) is 4.12. The Bertz CT molecular complexity index is 277. The topological polar surface area (TPSA) is 52.6 Å². The van der Waals surface area contributed by atoms with Crippen molar-refractivity contribution in [3.05, 3.63) is 0 Å². The first-order chi connectivity index (χ1) is 6.83. The van der Waals surface area contributed by atoms with E-state index in [1.165, 1.54) is 0 Å². The molecule has 0 aromatic carbocycles. The molecule has 0 N–H and O–H groups in total. The van der Waals surface area contributed by atoms with Gasteiger partial charge in [0.25, 0.3) is 5.92 Å². The van der Waals surface area contributed by atoms with Crippen molar-refractivity contribution < 1.29 is 27.8 Å². The van der Waals surface area contributed by atoms with Crippen LogP contribution in [0.2, 0.25) is 0 Å². The van der Waals surface area contributed by atoms with Crippen molar-refractivity contribution in [1.29, 1.82) is 0 Å². The van der Waals surface area contributed by atoms with Crippen LogP contribution in [0.3, 0.4) is 0 Å². The smallest absolute Gasteiger partial charge is 0.303 e. The molecular weight excluding hydrogens is 210 g/mol. The molecule has 1 aliphatic rings. The highest BCUT2D eigenvalue weighted by Crippen LogP contribution is 2.51. The van der Waals surface area contributed by atoms with Crippen LogP contribution in [0.15, 0.2) is 0 Å². The quantitative estimate of drug-likeness (QED) is 0.669. The standard InChI is InChI=1S/C9H12F2O4/c1-5(12)14-4-8(15-6(2)13)7-3-9(7,10)11/h7-8H,3-4H2,1-2H3. The van der Waals surface area contributed by atoms with E-state index in [1.807, 2.05) is 0 Å². The summed E-state index contributed by atoms with van der Waals surface area (Å²) in [5, 5.41) is 0. The average molecular weight is 222 g/mol. The van der Waals surface area contributed by atoms with E-state index in [-0.39, 0.29) is 13.0 Å². The van der Waals surface area contributed by atoms with Gasteiger partial charge in [-0.15, -0.1) is 0 Å². The van der Waals surface area contributed by atoms with Gasteiger partial charge in [0.05, 0.1) is 5.92 Å². The molecule has 1 rings (SSSR count). The molecule has 1 saturated carbocycles. The minimum absolute atomic E-state index is 0.310. The van der Waals surface area contributed by atoms with Crippen LogP contribution in [0.1, 0.15) is 20.3 Å². The van der Waals surface area contributed by atoms with Gasteiger partial charge in [0, 0.05) is 20.3 Å². The molecule has 2 atom stereocenters. The second-order valence-corrected chi connectivity index (χ2v) is 3.52. The lowest BCUT2D eigenvalue weighted by atomic mass is 10.2. The fourth-order valence-corrected chi connectivity index (χ4v) is 1.28. The third-order valence-corrected chi connectivity index (χ3v) is 2.09. The van der Waals surface area contributed by atoms with Crippen LogP contribution in [-0.4, -0.2) is 30.6 Å². The molecule has 0 bridgehead atoms. The molecule has 0 spiro atoms. The van der Waals surface area contributed by atoms with Crippen LogP contribution in [0.4, 0.5) is 8.78 Å². The summed E-state index contributed by atoms with van der Waals surface area (Å²) in [5.74, 6) is -5.08. The molecular formula is C9H12F2O4. The molecule has 15 heavy (non-hydrogen) atoms. The van der Waals surface area contributed by atoms with Crippen LogP contribution in [0.25, 0.3) is 0 Å². The minimum atomic E-state index is -2.81. The van der Waals surface area contributed by atoms with E-state index in [9.17, 15) is 18.4 Å². The van der Waals surface area contributed by atoms with Gasteiger partial charge in [-0.3, -0.25) is 9.59 Å². The molecule has 0 saturated heterocycles. The Morgan fingerprint density at radius 1 is 1.40 bits per heavy atom. The van der Waals surface area contributed by atoms with E-state index >= 15 is 0 Å². The Kier molecular flexibility index (Phi) is 3.26. The van der Waals surface area contributed by atoms with Crippen molar-refractivity contribution in [1.82, 2.24) is 0 Å². The van der Waals surface area contributed by atoms with Crippen LogP contribution in [0.5, 0.6) is 0 Å². The summed E-state index contributed by atoms with van der Waals surface area (Å²) in [7, 11) is 0. The van der Waals surface area contributed by atoms with Crippen molar-refractivity contribution >= 4 is 11.9 Å². The minimum Gasteiger partial charge on any atom is -0.462 e. The number of hydrogen-bond donors (Lipinski definition) is 0. The summed E-state index contributed by atoms with van der Waals surface area (Å²) in [5.41, 5.74) is 0. The van der Waals surface area contributed by atoms with Crippen LogP contribution in [-0.2, 0) is 19.1 Å². The predicted octanol–water partition coefficient (Wildman–Crippen LogP) is 1.14. The summed E-state index contributed by atoms with van der Waals surface area (Å²) in [4.78, 5) is 21.1. The van der Waals surface area contributed by atoms with E-state index in [1.54, 1.807) is 0 Å². The van der Waals surface area contributed by atoms with Gasteiger partial charge in [0.1, 0.15) is 12.7 Å². The van der Waals surface area contributed by atoms with E-state index < -0.39 is 29.9 Å². The SMILES string of the molecule is CC(=O)OCC(OC(C)=O)C1CC1(F)F. The number of carbonyl (C=O) groups is 2. The number of ether oxygens (including phenoxy) is 2. The van der Waals surface area contributed by atoms with Gasteiger partial charge in [-0.05, 0) is 0 Å². The number of esters is 2. The van der Waals surface area contributed by atoms with E-state index in [0.29, 0.717) is 0 Å². The Hall–Kier alpha value is -1.20. The Balaban J connectivity index is 2.47. The van der Waals surface area contributed by atoms with E-state index in [2.05, 4.69) is 9.47 Å². The monoisotopic (exact) mass is 222 g/mol. The third-order valence-electron chi connectivity index (χ3n) is 2.09. The average Bonchev–Trinajstić information content (AvgIpc) is 2.68. The van der Waals surface area contributed by atoms with Crippen molar-refractivity contribution in [2.45, 2.75) is 32.3 Å². The molecule has 86 valence electrons. The van der Waals surface area contributed by atoms with Gasteiger partial charge in [-0.2, -0.15) is 0 Å². The number of carbonyl (C=O) groups excluding carboxylic acids is 2. The molecule has 2 unspecified atom stereocenters. The van der Waals surface area contributed by atoms with E-state index in [0.717, 1.165) is 13.8 Å². The van der Waals surface area contributed by atoms with Gasteiger partial charge in [-0.25, -0.2) is 8.78 Å². The first-order valence-electron chi connectivity index (χ1n) is 4.51. The Morgan fingerprint density at radius 2 is 1.93 bits per heavy atom. The molecule has 0 radical (unpaired) electrons. The number of rotatable bonds is 4. The maximum atomic E-state index is 12.7. The first kappa shape index (κ1) is 11.9. The number of alkyl halides is 2. The zero-order chi connectivity index (χ0) is 11.6.